The van der Waals surface area contributed by atoms with E-state index < -0.39 is 0 Å². The molecule has 0 radical (unpaired) electrons. The number of rotatable bonds is 7. The molecule has 0 saturated carbocycles. The van der Waals surface area contributed by atoms with Gasteiger partial charge in [0, 0.05) is 12.0 Å². The minimum atomic E-state index is 0.633. The van der Waals surface area contributed by atoms with E-state index in [1.165, 1.54) is 31.2 Å². The van der Waals surface area contributed by atoms with Gasteiger partial charge in [0.15, 0.2) is 0 Å². The summed E-state index contributed by atoms with van der Waals surface area (Å²) in [5.74, 6) is 0.719. The second-order valence-electron chi connectivity index (χ2n) is 6.05. The molecule has 0 saturated heterocycles. The van der Waals surface area contributed by atoms with Gasteiger partial charge < -0.3 is 5.32 Å². The fourth-order valence-corrected chi connectivity index (χ4v) is 3.54. The van der Waals surface area contributed by atoms with Crippen LogP contribution in [0.25, 0.3) is 0 Å². The zero-order valence-electron chi connectivity index (χ0n) is 12.9. The van der Waals surface area contributed by atoms with E-state index >= 15 is 0 Å². The van der Waals surface area contributed by atoms with Gasteiger partial charge in [0.1, 0.15) is 0 Å². The van der Waals surface area contributed by atoms with E-state index in [1.807, 2.05) is 0 Å². The lowest BCUT2D eigenvalue weighted by molar-refractivity contribution is 0.378. The highest BCUT2D eigenvalue weighted by Crippen LogP contribution is 2.38. The molecule has 110 valence electrons. The molecule has 0 aromatic heterocycles. The normalized spacial score (nSPS) is 17.9. The Hall–Kier alpha value is -1.60. The van der Waals surface area contributed by atoms with Crippen molar-refractivity contribution < 1.29 is 0 Å². The van der Waals surface area contributed by atoms with Gasteiger partial charge in [0.05, 0.1) is 0 Å². The average molecular weight is 279 g/mol. The summed E-state index contributed by atoms with van der Waals surface area (Å²) in [7, 11) is 0. The van der Waals surface area contributed by atoms with Gasteiger partial charge >= 0.3 is 0 Å². The highest BCUT2D eigenvalue weighted by Gasteiger charge is 2.31. The van der Waals surface area contributed by atoms with Gasteiger partial charge in [-0.15, -0.1) is 0 Å². The molecular weight excluding hydrogens is 254 g/mol. The molecule has 1 aliphatic carbocycles. The van der Waals surface area contributed by atoms with Crippen molar-refractivity contribution in [3.05, 3.63) is 71.3 Å². The van der Waals surface area contributed by atoms with Crippen molar-refractivity contribution in [3.8, 4) is 0 Å². The van der Waals surface area contributed by atoms with Crippen molar-refractivity contribution in [3.63, 3.8) is 0 Å². The average Bonchev–Trinajstić information content (AvgIpc) is 2.50. The molecule has 0 fully saturated rings. The standard InChI is InChI=1S/C20H25N/c1-2-21-20(14-8-11-16-9-4-3-5-10-16)19-15-17-12-6-7-13-18(17)19/h3-7,9-10,12-13,19-21H,2,8,11,14-15H2,1H3. The zero-order valence-corrected chi connectivity index (χ0v) is 12.9. The third-order valence-corrected chi connectivity index (χ3v) is 4.67. The Balaban J connectivity index is 1.56. The zero-order chi connectivity index (χ0) is 14.5. The third kappa shape index (κ3) is 3.36. The van der Waals surface area contributed by atoms with E-state index in [9.17, 15) is 0 Å². The van der Waals surface area contributed by atoms with Gasteiger partial charge in [0.2, 0.25) is 0 Å². The number of likely N-dealkylation sites (N-methyl/N-ethyl adjacent to an activating group) is 1. The van der Waals surface area contributed by atoms with Crippen LogP contribution in [0.4, 0.5) is 0 Å². The smallest absolute Gasteiger partial charge is 0.0139 e. The molecule has 0 amide bonds. The Bertz CT molecular complexity index is 561. The summed E-state index contributed by atoms with van der Waals surface area (Å²) >= 11 is 0. The second kappa shape index (κ2) is 6.91. The fourth-order valence-electron chi connectivity index (χ4n) is 3.54. The van der Waals surface area contributed by atoms with Crippen molar-refractivity contribution in [2.75, 3.05) is 6.54 Å². The van der Waals surface area contributed by atoms with Crippen LogP contribution in [0.5, 0.6) is 0 Å². The third-order valence-electron chi connectivity index (χ3n) is 4.67. The van der Waals surface area contributed by atoms with Crippen LogP contribution in [0.3, 0.4) is 0 Å². The number of fused-ring (bicyclic) bond motifs is 1. The summed E-state index contributed by atoms with van der Waals surface area (Å²) in [5.41, 5.74) is 4.58. The number of benzene rings is 2. The van der Waals surface area contributed by atoms with Crippen LogP contribution in [0.15, 0.2) is 54.6 Å². The van der Waals surface area contributed by atoms with E-state index in [0.29, 0.717) is 6.04 Å². The molecule has 0 aliphatic heterocycles. The predicted molar refractivity (Wildman–Crippen MR) is 89.7 cm³/mol. The first kappa shape index (κ1) is 14.3. The minimum Gasteiger partial charge on any atom is -0.314 e. The molecule has 2 aromatic carbocycles. The summed E-state index contributed by atoms with van der Waals surface area (Å²) < 4.78 is 0. The van der Waals surface area contributed by atoms with Crippen molar-refractivity contribution in [2.24, 2.45) is 0 Å². The van der Waals surface area contributed by atoms with Gasteiger partial charge in [0.25, 0.3) is 0 Å². The van der Waals surface area contributed by atoms with Crippen LogP contribution in [-0.2, 0) is 12.8 Å². The maximum atomic E-state index is 3.71. The van der Waals surface area contributed by atoms with E-state index in [4.69, 9.17) is 0 Å². The Kier molecular flexibility index (Phi) is 4.72. The molecule has 1 aliphatic rings. The first-order valence-electron chi connectivity index (χ1n) is 8.23. The van der Waals surface area contributed by atoms with E-state index in [1.54, 1.807) is 11.1 Å². The number of nitrogens with one attached hydrogen (secondary N) is 1. The summed E-state index contributed by atoms with van der Waals surface area (Å²) in [6.07, 6.45) is 4.97. The van der Waals surface area contributed by atoms with Crippen molar-refractivity contribution in [1.82, 2.24) is 5.32 Å². The summed E-state index contributed by atoms with van der Waals surface area (Å²) in [5, 5.41) is 3.71. The monoisotopic (exact) mass is 279 g/mol. The maximum absolute atomic E-state index is 3.71. The fraction of sp³-hybridized carbons (Fsp3) is 0.400. The Morgan fingerprint density at radius 2 is 1.81 bits per heavy atom. The summed E-state index contributed by atoms with van der Waals surface area (Å²) in [4.78, 5) is 0. The molecule has 3 rings (SSSR count). The van der Waals surface area contributed by atoms with Gasteiger partial charge in [-0.2, -0.15) is 0 Å². The summed E-state index contributed by atoms with van der Waals surface area (Å²) in [6.45, 7) is 3.28. The Morgan fingerprint density at radius 1 is 1.05 bits per heavy atom. The molecule has 1 nitrogen and oxygen atoms in total. The molecule has 2 unspecified atom stereocenters. The lowest BCUT2D eigenvalue weighted by Crippen LogP contribution is -2.40. The SMILES string of the molecule is CCNC(CCCc1ccccc1)C1Cc2ccccc21. The van der Waals surface area contributed by atoms with Crippen molar-refractivity contribution >= 4 is 0 Å². The minimum absolute atomic E-state index is 0.633. The van der Waals surface area contributed by atoms with Crippen molar-refractivity contribution in [2.45, 2.75) is 44.6 Å². The quantitative estimate of drug-likeness (QED) is 0.795. The molecule has 0 spiro atoms. The Morgan fingerprint density at radius 3 is 2.57 bits per heavy atom. The largest absolute Gasteiger partial charge is 0.314 e. The Labute approximate surface area is 128 Å². The topological polar surface area (TPSA) is 12.0 Å². The molecule has 2 atom stereocenters. The van der Waals surface area contributed by atoms with Crippen LogP contribution >= 0.6 is 0 Å². The van der Waals surface area contributed by atoms with Gasteiger partial charge in [-0.1, -0.05) is 61.5 Å². The predicted octanol–water partition coefficient (Wildman–Crippen LogP) is 4.33. The van der Waals surface area contributed by atoms with Crippen molar-refractivity contribution in [1.29, 1.82) is 0 Å². The summed E-state index contributed by atoms with van der Waals surface area (Å²) in [6, 6.07) is 20.4. The first-order valence-corrected chi connectivity index (χ1v) is 8.23. The lowest BCUT2D eigenvalue weighted by Gasteiger charge is -2.37. The molecule has 0 heterocycles. The van der Waals surface area contributed by atoms with Gasteiger partial charge in [-0.25, -0.2) is 0 Å². The first-order chi connectivity index (χ1) is 10.4. The molecule has 1 N–H and O–H groups in total. The lowest BCUT2D eigenvalue weighted by atomic mass is 9.72. The second-order valence-corrected chi connectivity index (χ2v) is 6.05. The van der Waals surface area contributed by atoms with Crippen LogP contribution < -0.4 is 5.32 Å². The van der Waals surface area contributed by atoms with Gasteiger partial charge in [-0.3, -0.25) is 0 Å². The van der Waals surface area contributed by atoms with E-state index in [0.717, 1.165) is 12.5 Å². The highest BCUT2D eigenvalue weighted by molar-refractivity contribution is 5.41. The number of aryl methyl sites for hydroxylation is 1. The molecule has 21 heavy (non-hydrogen) atoms. The van der Waals surface area contributed by atoms with Crippen LogP contribution in [0, 0.1) is 0 Å². The molecular formula is C20H25N. The van der Waals surface area contributed by atoms with E-state index in [2.05, 4.69) is 66.8 Å². The molecule has 2 aromatic rings. The number of hydrogen-bond donors (Lipinski definition) is 1. The highest BCUT2D eigenvalue weighted by atomic mass is 14.9. The van der Waals surface area contributed by atoms with E-state index in [-0.39, 0.29) is 0 Å². The molecule has 1 heteroatoms. The number of hydrogen-bond acceptors (Lipinski definition) is 1. The van der Waals surface area contributed by atoms with Gasteiger partial charge in [-0.05, 0) is 48.9 Å². The van der Waals surface area contributed by atoms with Crippen LogP contribution in [0.2, 0.25) is 0 Å². The van der Waals surface area contributed by atoms with Crippen LogP contribution in [-0.4, -0.2) is 12.6 Å². The van der Waals surface area contributed by atoms with Crippen LogP contribution in [0.1, 0.15) is 42.4 Å². The maximum Gasteiger partial charge on any atom is 0.0139 e. The molecule has 0 bridgehead atoms.